The zero-order valence-corrected chi connectivity index (χ0v) is 12.7. The highest BCUT2D eigenvalue weighted by atomic mass is 79.9. The molecule has 0 saturated carbocycles. The first-order chi connectivity index (χ1) is 9.10. The standard InChI is InChI=1S/C14H17BrN4/c1-10-12(7-16)8-17-14(18-10)19(2)9-11-4-3-5-13(15)6-11/h3-6,8H,7,9,16H2,1-2H3. The van der Waals surface area contributed by atoms with Crippen molar-refractivity contribution in [2.75, 3.05) is 11.9 Å². The van der Waals surface area contributed by atoms with Gasteiger partial charge in [0.25, 0.3) is 0 Å². The van der Waals surface area contributed by atoms with Crippen molar-refractivity contribution in [1.82, 2.24) is 9.97 Å². The minimum atomic E-state index is 0.474. The second-order valence-electron chi connectivity index (χ2n) is 4.47. The van der Waals surface area contributed by atoms with E-state index in [1.165, 1.54) is 5.56 Å². The lowest BCUT2D eigenvalue weighted by molar-refractivity contribution is 0.846. The van der Waals surface area contributed by atoms with E-state index in [0.717, 1.165) is 28.2 Å². The number of aryl methyl sites for hydroxylation is 1. The van der Waals surface area contributed by atoms with E-state index >= 15 is 0 Å². The number of anilines is 1. The molecule has 19 heavy (non-hydrogen) atoms. The maximum absolute atomic E-state index is 5.62. The molecule has 4 nitrogen and oxygen atoms in total. The summed E-state index contributed by atoms with van der Waals surface area (Å²) >= 11 is 3.48. The van der Waals surface area contributed by atoms with Crippen LogP contribution in [0.2, 0.25) is 0 Å². The second-order valence-corrected chi connectivity index (χ2v) is 5.39. The lowest BCUT2D eigenvalue weighted by atomic mass is 10.2. The molecule has 2 N–H and O–H groups in total. The van der Waals surface area contributed by atoms with Crippen molar-refractivity contribution in [3.63, 3.8) is 0 Å². The van der Waals surface area contributed by atoms with Gasteiger partial charge in [0, 0.05) is 42.1 Å². The highest BCUT2D eigenvalue weighted by Gasteiger charge is 2.07. The molecular weight excluding hydrogens is 304 g/mol. The lowest BCUT2D eigenvalue weighted by Gasteiger charge is -2.18. The number of nitrogens with two attached hydrogens (primary N) is 1. The fraction of sp³-hybridized carbons (Fsp3) is 0.286. The molecule has 2 aromatic rings. The zero-order valence-electron chi connectivity index (χ0n) is 11.1. The summed E-state index contributed by atoms with van der Waals surface area (Å²) < 4.78 is 1.08. The molecule has 5 heteroatoms. The number of aromatic nitrogens is 2. The SMILES string of the molecule is Cc1nc(N(C)Cc2cccc(Br)c2)ncc1CN. The van der Waals surface area contributed by atoms with Gasteiger partial charge in [-0.3, -0.25) is 0 Å². The van der Waals surface area contributed by atoms with Crippen LogP contribution in [0, 0.1) is 6.92 Å². The Bertz CT molecular complexity index is 571. The van der Waals surface area contributed by atoms with Crippen molar-refractivity contribution in [2.24, 2.45) is 5.73 Å². The van der Waals surface area contributed by atoms with Crippen LogP contribution in [0.25, 0.3) is 0 Å². The van der Waals surface area contributed by atoms with E-state index in [2.05, 4.69) is 38.0 Å². The number of rotatable bonds is 4. The minimum Gasteiger partial charge on any atom is -0.340 e. The van der Waals surface area contributed by atoms with Crippen molar-refractivity contribution in [3.8, 4) is 0 Å². The monoisotopic (exact) mass is 320 g/mol. The molecule has 0 saturated heterocycles. The molecular formula is C14H17BrN4. The summed E-state index contributed by atoms with van der Waals surface area (Å²) in [5.41, 5.74) is 8.75. The van der Waals surface area contributed by atoms with Gasteiger partial charge in [0.05, 0.1) is 0 Å². The van der Waals surface area contributed by atoms with Crippen molar-refractivity contribution in [1.29, 1.82) is 0 Å². The number of hydrogen-bond donors (Lipinski definition) is 1. The normalized spacial score (nSPS) is 10.5. The third-order valence-electron chi connectivity index (χ3n) is 2.94. The molecule has 0 radical (unpaired) electrons. The second kappa shape index (κ2) is 6.12. The van der Waals surface area contributed by atoms with Crippen LogP contribution in [-0.2, 0) is 13.1 Å². The van der Waals surface area contributed by atoms with E-state index in [0.29, 0.717) is 6.54 Å². The summed E-state index contributed by atoms with van der Waals surface area (Å²) in [7, 11) is 1.98. The summed E-state index contributed by atoms with van der Waals surface area (Å²) in [6.45, 7) is 3.20. The quantitative estimate of drug-likeness (QED) is 0.941. The number of benzene rings is 1. The van der Waals surface area contributed by atoms with E-state index in [4.69, 9.17) is 5.73 Å². The fourth-order valence-corrected chi connectivity index (χ4v) is 2.29. The molecule has 0 amide bonds. The number of halogens is 1. The largest absolute Gasteiger partial charge is 0.340 e. The van der Waals surface area contributed by atoms with Gasteiger partial charge >= 0.3 is 0 Å². The summed E-state index contributed by atoms with van der Waals surface area (Å²) in [6.07, 6.45) is 1.80. The Labute approximate surface area is 121 Å². The van der Waals surface area contributed by atoms with Crippen molar-refractivity contribution >= 4 is 21.9 Å². The van der Waals surface area contributed by atoms with Gasteiger partial charge in [-0.15, -0.1) is 0 Å². The molecule has 2 rings (SSSR count). The lowest BCUT2D eigenvalue weighted by Crippen LogP contribution is -2.20. The minimum absolute atomic E-state index is 0.474. The van der Waals surface area contributed by atoms with E-state index < -0.39 is 0 Å². The molecule has 100 valence electrons. The van der Waals surface area contributed by atoms with Crippen LogP contribution < -0.4 is 10.6 Å². The van der Waals surface area contributed by atoms with Gasteiger partial charge in [0.15, 0.2) is 0 Å². The van der Waals surface area contributed by atoms with Crippen LogP contribution in [-0.4, -0.2) is 17.0 Å². The van der Waals surface area contributed by atoms with E-state index in [9.17, 15) is 0 Å². The van der Waals surface area contributed by atoms with Crippen LogP contribution in [0.15, 0.2) is 34.9 Å². The van der Waals surface area contributed by atoms with E-state index in [1.54, 1.807) is 6.20 Å². The van der Waals surface area contributed by atoms with Crippen LogP contribution >= 0.6 is 15.9 Å². The summed E-state index contributed by atoms with van der Waals surface area (Å²) in [5, 5.41) is 0. The van der Waals surface area contributed by atoms with Gasteiger partial charge in [-0.2, -0.15) is 0 Å². The van der Waals surface area contributed by atoms with Crippen LogP contribution in [0.3, 0.4) is 0 Å². The van der Waals surface area contributed by atoms with Gasteiger partial charge < -0.3 is 10.6 Å². The van der Waals surface area contributed by atoms with Crippen molar-refractivity contribution < 1.29 is 0 Å². The molecule has 0 atom stereocenters. The van der Waals surface area contributed by atoms with E-state index in [1.807, 2.05) is 31.0 Å². The molecule has 1 aromatic heterocycles. The molecule has 0 aliphatic heterocycles. The van der Waals surface area contributed by atoms with Gasteiger partial charge in [0.1, 0.15) is 0 Å². The molecule has 1 heterocycles. The number of nitrogens with zero attached hydrogens (tertiary/aromatic N) is 3. The Morgan fingerprint density at radius 2 is 2.16 bits per heavy atom. The summed E-state index contributed by atoms with van der Waals surface area (Å²) in [4.78, 5) is 10.9. The fourth-order valence-electron chi connectivity index (χ4n) is 1.84. The van der Waals surface area contributed by atoms with Gasteiger partial charge in [-0.05, 0) is 24.6 Å². The highest BCUT2D eigenvalue weighted by Crippen LogP contribution is 2.16. The van der Waals surface area contributed by atoms with Crippen LogP contribution in [0.5, 0.6) is 0 Å². The van der Waals surface area contributed by atoms with Gasteiger partial charge in [-0.1, -0.05) is 28.1 Å². The molecule has 0 unspecified atom stereocenters. The van der Waals surface area contributed by atoms with Crippen LogP contribution in [0.4, 0.5) is 5.95 Å². The van der Waals surface area contributed by atoms with Gasteiger partial charge in [0.2, 0.25) is 5.95 Å². The predicted molar refractivity (Wildman–Crippen MR) is 80.9 cm³/mol. The topological polar surface area (TPSA) is 55.0 Å². The molecule has 0 fully saturated rings. The Kier molecular flexibility index (Phi) is 4.50. The van der Waals surface area contributed by atoms with Gasteiger partial charge in [-0.25, -0.2) is 9.97 Å². The average Bonchev–Trinajstić information content (AvgIpc) is 2.38. The van der Waals surface area contributed by atoms with Crippen LogP contribution in [0.1, 0.15) is 16.8 Å². The molecule has 0 aliphatic rings. The Morgan fingerprint density at radius 1 is 1.37 bits per heavy atom. The number of hydrogen-bond acceptors (Lipinski definition) is 4. The smallest absolute Gasteiger partial charge is 0.225 e. The first-order valence-corrected chi connectivity index (χ1v) is 6.87. The average molecular weight is 321 g/mol. The Hall–Kier alpha value is -1.46. The maximum atomic E-state index is 5.62. The van der Waals surface area contributed by atoms with Crippen molar-refractivity contribution in [3.05, 3.63) is 51.8 Å². The molecule has 0 bridgehead atoms. The first kappa shape index (κ1) is 14.0. The molecule has 0 spiro atoms. The Balaban J connectivity index is 2.15. The third-order valence-corrected chi connectivity index (χ3v) is 3.43. The maximum Gasteiger partial charge on any atom is 0.225 e. The summed E-state index contributed by atoms with van der Waals surface area (Å²) in [5.74, 6) is 0.717. The zero-order chi connectivity index (χ0) is 13.8. The summed E-state index contributed by atoms with van der Waals surface area (Å²) in [6, 6.07) is 8.22. The van der Waals surface area contributed by atoms with E-state index in [-0.39, 0.29) is 0 Å². The Morgan fingerprint density at radius 3 is 2.79 bits per heavy atom. The molecule has 0 aliphatic carbocycles. The highest BCUT2D eigenvalue weighted by molar-refractivity contribution is 9.10. The third kappa shape index (κ3) is 3.52. The molecule has 1 aromatic carbocycles. The van der Waals surface area contributed by atoms with Crippen molar-refractivity contribution in [2.45, 2.75) is 20.0 Å². The predicted octanol–water partition coefficient (Wildman–Crippen LogP) is 2.64. The first-order valence-electron chi connectivity index (χ1n) is 6.08.